The summed E-state index contributed by atoms with van der Waals surface area (Å²) in [5.41, 5.74) is 2.52. The molecule has 1 atom stereocenters. The highest BCUT2D eigenvalue weighted by Gasteiger charge is 2.17. The van der Waals surface area contributed by atoms with Crippen LogP contribution in [0.2, 0.25) is 0 Å². The van der Waals surface area contributed by atoms with Crippen LogP contribution in [-0.2, 0) is 15.0 Å². The number of hydrogen-bond donors (Lipinski definition) is 1. The first-order valence-corrected chi connectivity index (χ1v) is 9.20. The molecule has 7 nitrogen and oxygen atoms in total. The standard InChI is InChI=1S/C22H23N3O4/c1-22(2,3)14-10-8-13(9-11-14)19-23-16-7-5-4-6-15(16)20(25-19)24-17(21(28)29)12-18(26)27/h4-11,17H,12H2,1-3H3,(H,26,27)(H,28,29)(H,23,24,25)/p-2/t17-/m1/s1. The first kappa shape index (κ1) is 20.3. The summed E-state index contributed by atoms with van der Waals surface area (Å²) in [5.74, 6) is -2.42. The molecule has 0 spiro atoms. The predicted octanol–water partition coefficient (Wildman–Crippen LogP) is 1.26. The summed E-state index contributed by atoms with van der Waals surface area (Å²) < 4.78 is 0. The number of nitrogens with zero attached hydrogens (tertiary/aromatic N) is 2. The van der Waals surface area contributed by atoms with Gasteiger partial charge in [0.05, 0.1) is 17.5 Å². The third-order valence-electron chi connectivity index (χ3n) is 4.58. The molecule has 0 fully saturated rings. The number of rotatable bonds is 6. The normalized spacial score (nSPS) is 12.5. The van der Waals surface area contributed by atoms with Gasteiger partial charge in [0.2, 0.25) is 0 Å². The Bertz CT molecular complexity index is 1060. The largest absolute Gasteiger partial charge is 0.550 e. The van der Waals surface area contributed by atoms with Crippen LogP contribution in [0.4, 0.5) is 5.82 Å². The van der Waals surface area contributed by atoms with E-state index in [-0.39, 0.29) is 11.2 Å². The quantitative estimate of drug-likeness (QED) is 0.672. The molecule has 29 heavy (non-hydrogen) atoms. The van der Waals surface area contributed by atoms with E-state index in [1.165, 1.54) is 0 Å². The second-order valence-corrected chi connectivity index (χ2v) is 7.83. The molecule has 150 valence electrons. The van der Waals surface area contributed by atoms with Crippen LogP contribution in [-0.4, -0.2) is 27.9 Å². The molecule has 3 rings (SSSR count). The summed E-state index contributed by atoms with van der Waals surface area (Å²) in [7, 11) is 0. The molecule has 0 radical (unpaired) electrons. The average molecular weight is 391 g/mol. The number of fused-ring (bicyclic) bond motifs is 1. The van der Waals surface area contributed by atoms with Crippen LogP contribution in [0.3, 0.4) is 0 Å². The smallest absolute Gasteiger partial charge is 0.162 e. The average Bonchev–Trinajstić information content (AvgIpc) is 2.66. The first-order valence-electron chi connectivity index (χ1n) is 9.20. The minimum absolute atomic E-state index is 0.00205. The zero-order chi connectivity index (χ0) is 21.2. The van der Waals surface area contributed by atoms with Crippen molar-refractivity contribution in [1.82, 2.24) is 9.97 Å². The van der Waals surface area contributed by atoms with Crippen molar-refractivity contribution >= 4 is 28.7 Å². The van der Waals surface area contributed by atoms with Crippen molar-refractivity contribution in [2.45, 2.75) is 38.6 Å². The molecule has 0 aliphatic rings. The van der Waals surface area contributed by atoms with Crippen LogP contribution in [0.1, 0.15) is 32.8 Å². The Morgan fingerprint density at radius 3 is 2.24 bits per heavy atom. The van der Waals surface area contributed by atoms with Gasteiger partial charge in [-0.05, 0) is 23.1 Å². The van der Waals surface area contributed by atoms with Gasteiger partial charge in [-0.15, -0.1) is 0 Å². The SMILES string of the molecule is CC(C)(C)c1ccc(-c2nc(N[C@H](CC(=O)[O-])C(=O)[O-])c3ccccc3n2)cc1. The third kappa shape index (κ3) is 4.68. The van der Waals surface area contributed by atoms with Crippen molar-refractivity contribution in [3.63, 3.8) is 0 Å². The summed E-state index contributed by atoms with van der Waals surface area (Å²) >= 11 is 0. The maximum Gasteiger partial charge on any atom is 0.162 e. The molecule has 3 aromatic rings. The molecular formula is C22H21N3O4-2. The molecule has 1 aromatic heterocycles. The summed E-state index contributed by atoms with van der Waals surface area (Å²) in [6, 6.07) is 13.4. The van der Waals surface area contributed by atoms with E-state index in [1.807, 2.05) is 30.3 Å². The lowest BCUT2D eigenvalue weighted by Gasteiger charge is -2.22. The van der Waals surface area contributed by atoms with Gasteiger partial charge in [-0.2, -0.15) is 0 Å². The molecule has 1 N–H and O–H groups in total. The van der Waals surface area contributed by atoms with Crippen molar-refractivity contribution < 1.29 is 19.8 Å². The number of aromatic nitrogens is 2. The monoisotopic (exact) mass is 391 g/mol. The fourth-order valence-corrected chi connectivity index (χ4v) is 2.96. The van der Waals surface area contributed by atoms with E-state index in [9.17, 15) is 19.8 Å². The van der Waals surface area contributed by atoms with E-state index in [1.54, 1.807) is 18.2 Å². The van der Waals surface area contributed by atoms with Crippen LogP contribution in [0.15, 0.2) is 48.5 Å². The number of carboxylic acids is 2. The molecule has 0 saturated carbocycles. The highest BCUT2D eigenvalue weighted by molar-refractivity contribution is 5.92. The first-order chi connectivity index (χ1) is 13.6. The Labute approximate surface area is 168 Å². The van der Waals surface area contributed by atoms with E-state index in [4.69, 9.17) is 0 Å². The molecule has 0 saturated heterocycles. The summed E-state index contributed by atoms with van der Waals surface area (Å²) in [6.07, 6.45) is -0.740. The minimum Gasteiger partial charge on any atom is -0.550 e. The van der Waals surface area contributed by atoms with Crippen LogP contribution in [0, 0.1) is 0 Å². The molecule has 1 heterocycles. The summed E-state index contributed by atoms with van der Waals surface area (Å²) in [4.78, 5) is 31.3. The van der Waals surface area contributed by atoms with E-state index < -0.39 is 24.4 Å². The molecule has 0 aliphatic heterocycles. The van der Waals surface area contributed by atoms with Gasteiger partial charge in [0.1, 0.15) is 5.82 Å². The minimum atomic E-state index is -1.55. The molecular weight excluding hydrogens is 370 g/mol. The number of carbonyl (C=O) groups is 2. The Kier molecular flexibility index (Phi) is 5.50. The molecule has 2 aromatic carbocycles. The van der Waals surface area contributed by atoms with Gasteiger partial charge in [-0.3, -0.25) is 0 Å². The summed E-state index contributed by atoms with van der Waals surface area (Å²) in [6.45, 7) is 6.36. The molecule has 0 amide bonds. The number of nitrogens with one attached hydrogen (secondary N) is 1. The molecule has 0 unspecified atom stereocenters. The second-order valence-electron chi connectivity index (χ2n) is 7.83. The van der Waals surface area contributed by atoms with Crippen molar-refractivity contribution in [2.24, 2.45) is 0 Å². The van der Waals surface area contributed by atoms with Crippen LogP contribution >= 0.6 is 0 Å². The van der Waals surface area contributed by atoms with Gasteiger partial charge < -0.3 is 25.1 Å². The zero-order valence-electron chi connectivity index (χ0n) is 16.4. The number of carboxylic acid groups (broad SMARTS) is 2. The highest BCUT2D eigenvalue weighted by atomic mass is 16.4. The Morgan fingerprint density at radius 1 is 1.00 bits per heavy atom. The lowest BCUT2D eigenvalue weighted by atomic mass is 9.87. The van der Waals surface area contributed by atoms with E-state index in [0.29, 0.717) is 16.7 Å². The topological polar surface area (TPSA) is 118 Å². The van der Waals surface area contributed by atoms with Gasteiger partial charge in [0.25, 0.3) is 0 Å². The van der Waals surface area contributed by atoms with Crippen LogP contribution in [0.5, 0.6) is 0 Å². The Hall–Kier alpha value is -3.48. The lowest BCUT2D eigenvalue weighted by molar-refractivity contribution is -0.316. The fourth-order valence-electron chi connectivity index (χ4n) is 2.96. The van der Waals surface area contributed by atoms with E-state index >= 15 is 0 Å². The van der Waals surface area contributed by atoms with Crippen molar-refractivity contribution in [2.75, 3.05) is 5.32 Å². The van der Waals surface area contributed by atoms with Gasteiger partial charge in [0.15, 0.2) is 5.82 Å². The molecule has 0 bridgehead atoms. The number of aliphatic carboxylic acids is 2. The van der Waals surface area contributed by atoms with E-state index in [0.717, 1.165) is 11.1 Å². The number of carbonyl (C=O) groups excluding carboxylic acids is 2. The summed E-state index contributed by atoms with van der Waals surface area (Å²) in [5, 5.41) is 25.5. The van der Waals surface area contributed by atoms with Crippen LogP contribution < -0.4 is 15.5 Å². The fraction of sp³-hybridized carbons (Fsp3) is 0.273. The van der Waals surface area contributed by atoms with Gasteiger partial charge in [0, 0.05) is 23.3 Å². The third-order valence-corrected chi connectivity index (χ3v) is 4.58. The second kappa shape index (κ2) is 7.87. The zero-order valence-corrected chi connectivity index (χ0v) is 16.4. The maximum atomic E-state index is 11.4. The highest BCUT2D eigenvalue weighted by Crippen LogP contribution is 2.28. The lowest BCUT2D eigenvalue weighted by Crippen LogP contribution is -2.44. The van der Waals surface area contributed by atoms with Gasteiger partial charge in [-0.25, -0.2) is 9.97 Å². The number of hydrogen-bond acceptors (Lipinski definition) is 7. The maximum absolute atomic E-state index is 11.4. The Balaban J connectivity index is 2.06. The predicted molar refractivity (Wildman–Crippen MR) is 106 cm³/mol. The molecule has 7 heteroatoms. The number of anilines is 1. The van der Waals surface area contributed by atoms with Crippen molar-refractivity contribution in [3.8, 4) is 11.4 Å². The van der Waals surface area contributed by atoms with Gasteiger partial charge in [-0.1, -0.05) is 57.2 Å². The van der Waals surface area contributed by atoms with Crippen molar-refractivity contribution in [3.05, 3.63) is 54.1 Å². The van der Waals surface area contributed by atoms with E-state index in [2.05, 4.69) is 36.1 Å². The Morgan fingerprint density at radius 2 is 1.66 bits per heavy atom. The molecule has 0 aliphatic carbocycles. The van der Waals surface area contributed by atoms with Crippen molar-refractivity contribution in [1.29, 1.82) is 0 Å². The number of benzene rings is 2. The van der Waals surface area contributed by atoms with Gasteiger partial charge >= 0.3 is 0 Å². The number of para-hydroxylation sites is 1. The van der Waals surface area contributed by atoms with Crippen LogP contribution in [0.25, 0.3) is 22.3 Å².